The van der Waals surface area contributed by atoms with Crippen molar-refractivity contribution >= 4 is 17.5 Å². The first-order valence-corrected chi connectivity index (χ1v) is 8.29. The number of hydrogen-bond donors (Lipinski definition) is 0. The molecule has 124 valence electrons. The zero-order valence-corrected chi connectivity index (χ0v) is 13.7. The molecule has 2 aliphatic rings. The fraction of sp³-hybridized carbons (Fsp3) is 0.471. The SMILES string of the molecule is Cc1cnc(N2CCC3(CC2)CCN(c2cncnc2)C3=O)nc1. The van der Waals surface area contributed by atoms with Gasteiger partial charge in [-0.25, -0.2) is 19.9 Å². The topological polar surface area (TPSA) is 75.1 Å². The minimum Gasteiger partial charge on any atom is -0.341 e. The number of carbonyl (C=O) groups excluding carboxylic acids is 1. The van der Waals surface area contributed by atoms with Gasteiger partial charge in [-0.15, -0.1) is 0 Å². The summed E-state index contributed by atoms with van der Waals surface area (Å²) in [6.45, 7) is 4.35. The Labute approximate surface area is 140 Å². The second-order valence-corrected chi connectivity index (χ2v) is 6.63. The number of carbonyl (C=O) groups is 1. The predicted molar refractivity (Wildman–Crippen MR) is 89.7 cm³/mol. The molecule has 24 heavy (non-hydrogen) atoms. The predicted octanol–water partition coefficient (Wildman–Crippen LogP) is 1.60. The van der Waals surface area contributed by atoms with Crippen molar-refractivity contribution in [2.75, 3.05) is 29.4 Å². The molecule has 2 saturated heterocycles. The summed E-state index contributed by atoms with van der Waals surface area (Å²) in [6.07, 6.45) is 11.2. The second-order valence-electron chi connectivity index (χ2n) is 6.63. The molecule has 0 aliphatic carbocycles. The lowest BCUT2D eigenvalue weighted by Gasteiger charge is -2.37. The molecule has 7 heteroatoms. The van der Waals surface area contributed by atoms with Gasteiger partial charge in [-0.2, -0.15) is 0 Å². The van der Waals surface area contributed by atoms with Crippen LogP contribution in [0.3, 0.4) is 0 Å². The third kappa shape index (κ3) is 2.50. The van der Waals surface area contributed by atoms with Gasteiger partial charge in [0, 0.05) is 32.0 Å². The van der Waals surface area contributed by atoms with Crippen LogP contribution in [0.1, 0.15) is 24.8 Å². The number of hydrogen-bond acceptors (Lipinski definition) is 6. The van der Waals surface area contributed by atoms with Crippen LogP contribution in [0, 0.1) is 12.3 Å². The van der Waals surface area contributed by atoms with Gasteiger partial charge in [0.25, 0.3) is 0 Å². The third-order valence-electron chi connectivity index (χ3n) is 5.14. The highest BCUT2D eigenvalue weighted by atomic mass is 16.2. The lowest BCUT2D eigenvalue weighted by atomic mass is 9.77. The lowest BCUT2D eigenvalue weighted by molar-refractivity contribution is -0.126. The number of rotatable bonds is 2. The van der Waals surface area contributed by atoms with Gasteiger partial charge in [-0.3, -0.25) is 4.79 Å². The zero-order valence-electron chi connectivity index (χ0n) is 13.7. The second kappa shape index (κ2) is 5.81. The maximum atomic E-state index is 13.0. The summed E-state index contributed by atoms with van der Waals surface area (Å²) in [4.78, 5) is 33.9. The Morgan fingerprint density at radius 1 is 0.958 bits per heavy atom. The summed E-state index contributed by atoms with van der Waals surface area (Å²) in [5.74, 6) is 0.969. The smallest absolute Gasteiger partial charge is 0.233 e. The first-order valence-electron chi connectivity index (χ1n) is 8.29. The summed E-state index contributed by atoms with van der Waals surface area (Å²) in [5.41, 5.74) is 1.60. The van der Waals surface area contributed by atoms with Gasteiger partial charge in [-0.05, 0) is 31.7 Å². The van der Waals surface area contributed by atoms with Crippen LogP contribution in [-0.2, 0) is 4.79 Å². The normalized spacial score (nSPS) is 20.0. The van der Waals surface area contributed by atoms with Crippen molar-refractivity contribution in [1.29, 1.82) is 0 Å². The van der Waals surface area contributed by atoms with E-state index >= 15 is 0 Å². The van der Waals surface area contributed by atoms with Gasteiger partial charge in [0.15, 0.2) is 0 Å². The van der Waals surface area contributed by atoms with E-state index in [1.54, 1.807) is 12.4 Å². The monoisotopic (exact) mass is 324 g/mol. The average molecular weight is 324 g/mol. The van der Waals surface area contributed by atoms with Crippen LogP contribution in [0.25, 0.3) is 0 Å². The number of piperidine rings is 1. The first kappa shape index (κ1) is 15.0. The van der Waals surface area contributed by atoms with Gasteiger partial charge >= 0.3 is 0 Å². The number of nitrogens with zero attached hydrogens (tertiary/aromatic N) is 6. The van der Waals surface area contributed by atoms with E-state index in [9.17, 15) is 4.79 Å². The molecule has 2 aromatic heterocycles. The van der Waals surface area contributed by atoms with Crippen LogP contribution >= 0.6 is 0 Å². The molecule has 0 saturated carbocycles. The zero-order chi connectivity index (χ0) is 16.6. The molecule has 4 heterocycles. The molecule has 1 amide bonds. The van der Waals surface area contributed by atoms with E-state index in [1.165, 1.54) is 6.33 Å². The molecule has 7 nitrogen and oxygen atoms in total. The van der Waals surface area contributed by atoms with Crippen molar-refractivity contribution in [3.05, 3.63) is 36.7 Å². The van der Waals surface area contributed by atoms with Crippen LogP contribution in [0.5, 0.6) is 0 Å². The number of aryl methyl sites for hydroxylation is 1. The molecule has 2 aliphatic heterocycles. The summed E-state index contributed by atoms with van der Waals surface area (Å²) >= 11 is 0. The summed E-state index contributed by atoms with van der Waals surface area (Å²) in [6, 6.07) is 0. The van der Waals surface area contributed by atoms with Crippen molar-refractivity contribution in [3.63, 3.8) is 0 Å². The Balaban J connectivity index is 1.47. The van der Waals surface area contributed by atoms with Crippen molar-refractivity contribution in [3.8, 4) is 0 Å². The number of amides is 1. The highest BCUT2D eigenvalue weighted by molar-refractivity contribution is 5.99. The lowest BCUT2D eigenvalue weighted by Crippen LogP contribution is -2.45. The molecule has 2 fully saturated rings. The van der Waals surface area contributed by atoms with E-state index in [2.05, 4.69) is 24.8 Å². The Hall–Kier alpha value is -2.57. The molecular formula is C17H20N6O. The van der Waals surface area contributed by atoms with Crippen molar-refractivity contribution in [1.82, 2.24) is 19.9 Å². The standard InChI is InChI=1S/C17H20N6O/c1-13-8-20-16(21-9-13)22-5-2-17(3-6-22)4-7-23(15(17)24)14-10-18-12-19-11-14/h8-12H,2-7H2,1H3. The van der Waals surface area contributed by atoms with E-state index in [1.807, 2.05) is 24.2 Å². The molecular weight excluding hydrogens is 304 g/mol. The van der Waals surface area contributed by atoms with Crippen molar-refractivity contribution < 1.29 is 4.79 Å². The van der Waals surface area contributed by atoms with E-state index in [0.717, 1.165) is 56.1 Å². The molecule has 2 aromatic rings. The molecule has 0 bridgehead atoms. The Morgan fingerprint density at radius 2 is 1.58 bits per heavy atom. The van der Waals surface area contributed by atoms with E-state index in [4.69, 9.17) is 0 Å². The van der Waals surface area contributed by atoms with Crippen LogP contribution in [0.4, 0.5) is 11.6 Å². The van der Waals surface area contributed by atoms with Crippen LogP contribution in [-0.4, -0.2) is 45.5 Å². The van der Waals surface area contributed by atoms with E-state index in [0.29, 0.717) is 0 Å². The highest BCUT2D eigenvalue weighted by Gasteiger charge is 2.48. The molecule has 0 unspecified atom stereocenters. The highest BCUT2D eigenvalue weighted by Crippen LogP contribution is 2.43. The van der Waals surface area contributed by atoms with Gasteiger partial charge in [0.05, 0.1) is 23.5 Å². The quantitative estimate of drug-likeness (QED) is 0.835. The third-order valence-corrected chi connectivity index (χ3v) is 5.14. The number of anilines is 2. The number of aromatic nitrogens is 4. The molecule has 4 rings (SSSR count). The largest absolute Gasteiger partial charge is 0.341 e. The molecule has 0 aromatic carbocycles. The van der Waals surface area contributed by atoms with Gasteiger partial charge in [-0.1, -0.05) is 0 Å². The van der Waals surface area contributed by atoms with E-state index < -0.39 is 0 Å². The molecule has 0 radical (unpaired) electrons. The van der Waals surface area contributed by atoms with Gasteiger partial charge in [0.1, 0.15) is 6.33 Å². The average Bonchev–Trinajstić information content (AvgIpc) is 2.94. The summed E-state index contributed by atoms with van der Waals surface area (Å²) < 4.78 is 0. The maximum absolute atomic E-state index is 13.0. The Kier molecular flexibility index (Phi) is 3.63. The van der Waals surface area contributed by atoms with Gasteiger partial charge < -0.3 is 9.80 Å². The Morgan fingerprint density at radius 3 is 2.25 bits per heavy atom. The van der Waals surface area contributed by atoms with Gasteiger partial charge in [0.2, 0.25) is 11.9 Å². The summed E-state index contributed by atoms with van der Waals surface area (Å²) in [7, 11) is 0. The van der Waals surface area contributed by atoms with E-state index in [-0.39, 0.29) is 11.3 Å². The fourth-order valence-corrected chi connectivity index (χ4v) is 3.65. The van der Waals surface area contributed by atoms with Crippen LogP contribution < -0.4 is 9.80 Å². The fourth-order valence-electron chi connectivity index (χ4n) is 3.65. The molecule has 1 spiro atoms. The van der Waals surface area contributed by atoms with Crippen LogP contribution in [0.15, 0.2) is 31.1 Å². The maximum Gasteiger partial charge on any atom is 0.233 e. The van der Waals surface area contributed by atoms with Crippen molar-refractivity contribution in [2.45, 2.75) is 26.2 Å². The van der Waals surface area contributed by atoms with Crippen molar-refractivity contribution in [2.24, 2.45) is 5.41 Å². The molecule has 0 N–H and O–H groups in total. The van der Waals surface area contributed by atoms with Crippen LogP contribution in [0.2, 0.25) is 0 Å². The molecule has 0 atom stereocenters. The summed E-state index contributed by atoms with van der Waals surface area (Å²) in [5, 5.41) is 0. The minimum absolute atomic E-state index is 0.210. The first-order chi connectivity index (χ1) is 11.7. The Bertz CT molecular complexity index is 725. The minimum atomic E-state index is -0.253.